The van der Waals surface area contributed by atoms with E-state index in [2.05, 4.69) is 17.5 Å². The predicted molar refractivity (Wildman–Crippen MR) is 58.3 cm³/mol. The maximum Gasteiger partial charge on any atom is 0.223 e. The lowest BCUT2D eigenvalue weighted by molar-refractivity contribution is -0.125. The van der Waals surface area contributed by atoms with Gasteiger partial charge in [-0.2, -0.15) is 0 Å². The smallest absolute Gasteiger partial charge is 0.223 e. The zero-order valence-electron chi connectivity index (χ0n) is 8.98. The van der Waals surface area contributed by atoms with Crippen molar-refractivity contribution in [3.05, 3.63) is 12.2 Å². The Balaban J connectivity index is 1.74. The molecule has 84 valence electrons. The molecule has 1 fully saturated rings. The molecule has 3 heteroatoms. The molecule has 0 spiro atoms. The number of hydrogen-bond donors (Lipinski definition) is 2. The quantitative estimate of drug-likeness (QED) is 0.675. The first-order chi connectivity index (χ1) is 7.25. The van der Waals surface area contributed by atoms with E-state index in [-0.39, 0.29) is 17.9 Å². The summed E-state index contributed by atoms with van der Waals surface area (Å²) >= 11 is 0. The number of carbonyl (C=O) groups excluding carboxylic acids is 1. The summed E-state index contributed by atoms with van der Waals surface area (Å²) in [7, 11) is 0. The van der Waals surface area contributed by atoms with Crippen LogP contribution in [0.3, 0.4) is 0 Å². The van der Waals surface area contributed by atoms with Crippen molar-refractivity contribution >= 4 is 5.91 Å². The summed E-state index contributed by atoms with van der Waals surface area (Å²) in [5.41, 5.74) is 0. The van der Waals surface area contributed by atoms with E-state index in [1.54, 1.807) is 0 Å². The van der Waals surface area contributed by atoms with Crippen LogP contribution in [0.15, 0.2) is 12.2 Å². The average Bonchev–Trinajstić information content (AvgIpc) is 2.74. The third-order valence-electron chi connectivity index (χ3n) is 3.42. The highest BCUT2D eigenvalue weighted by Gasteiger charge is 2.24. The van der Waals surface area contributed by atoms with Crippen molar-refractivity contribution in [2.24, 2.45) is 5.92 Å². The lowest BCUT2D eigenvalue weighted by Gasteiger charge is -2.27. The number of aliphatic hydroxyl groups excluding tert-OH is 1. The van der Waals surface area contributed by atoms with Crippen molar-refractivity contribution in [3.8, 4) is 0 Å². The maximum absolute atomic E-state index is 11.8. The minimum atomic E-state index is -0.147. The van der Waals surface area contributed by atoms with Crippen molar-refractivity contribution in [1.82, 2.24) is 5.32 Å². The highest BCUT2D eigenvalue weighted by molar-refractivity contribution is 5.79. The molecule has 3 nitrogen and oxygen atoms in total. The SMILES string of the molecule is O=C(NC1CCC(O)CC1)C1CC=CC1. The molecular formula is C12H19NO2. The second kappa shape index (κ2) is 4.79. The van der Waals surface area contributed by atoms with Crippen molar-refractivity contribution < 1.29 is 9.90 Å². The van der Waals surface area contributed by atoms with Crippen LogP contribution < -0.4 is 5.32 Å². The Labute approximate surface area is 90.6 Å². The summed E-state index contributed by atoms with van der Waals surface area (Å²) in [5.74, 6) is 0.359. The first kappa shape index (κ1) is 10.7. The van der Waals surface area contributed by atoms with Gasteiger partial charge >= 0.3 is 0 Å². The Morgan fingerprint density at radius 2 is 1.73 bits per heavy atom. The van der Waals surface area contributed by atoms with E-state index < -0.39 is 0 Å². The molecule has 1 saturated carbocycles. The molecule has 0 aromatic rings. The predicted octanol–water partition coefficient (Wildman–Crippen LogP) is 1.37. The molecule has 0 aliphatic heterocycles. The van der Waals surface area contributed by atoms with E-state index in [1.165, 1.54) is 0 Å². The molecule has 2 N–H and O–H groups in total. The van der Waals surface area contributed by atoms with Crippen LogP contribution in [-0.4, -0.2) is 23.2 Å². The molecule has 0 saturated heterocycles. The number of hydrogen-bond acceptors (Lipinski definition) is 2. The highest BCUT2D eigenvalue weighted by Crippen LogP contribution is 2.21. The van der Waals surface area contributed by atoms with Crippen LogP contribution in [-0.2, 0) is 4.79 Å². The van der Waals surface area contributed by atoms with Gasteiger partial charge in [-0.15, -0.1) is 0 Å². The largest absolute Gasteiger partial charge is 0.393 e. The summed E-state index contributed by atoms with van der Waals surface area (Å²) in [4.78, 5) is 11.8. The minimum absolute atomic E-state index is 0.147. The van der Waals surface area contributed by atoms with E-state index in [1.807, 2.05) is 0 Å². The first-order valence-corrected chi connectivity index (χ1v) is 5.89. The van der Waals surface area contributed by atoms with Gasteiger partial charge in [0.2, 0.25) is 5.91 Å². The fraction of sp³-hybridized carbons (Fsp3) is 0.750. The molecule has 2 rings (SSSR count). The molecule has 0 heterocycles. The van der Waals surface area contributed by atoms with Gasteiger partial charge in [0, 0.05) is 12.0 Å². The standard InChI is InChI=1S/C12H19NO2/c14-11-7-5-10(6-8-11)13-12(15)9-3-1-2-4-9/h1-2,9-11,14H,3-8H2,(H,13,15). The average molecular weight is 209 g/mol. The van der Waals surface area contributed by atoms with Crippen LogP contribution in [0.4, 0.5) is 0 Å². The Kier molecular flexibility index (Phi) is 3.41. The lowest BCUT2D eigenvalue weighted by atomic mass is 9.92. The van der Waals surface area contributed by atoms with Gasteiger partial charge in [-0.05, 0) is 38.5 Å². The maximum atomic E-state index is 11.8. The monoisotopic (exact) mass is 209 g/mol. The van der Waals surface area contributed by atoms with E-state index in [4.69, 9.17) is 0 Å². The topological polar surface area (TPSA) is 49.3 Å². The third kappa shape index (κ3) is 2.81. The molecule has 0 unspecified atom stereocenters. The van der Waals surface area contributed by atoms with Crippen molar-refractivity contribution in [1.29, 1.82) is 0 Å². The fourth-order valence-corrected chi connectivity index (χ4v) is 2.37. The van der Waals surface area contributed by atoms with E-state index in [0.717, 1.165) is 38.5 Å². The number of carbonyl (C=O) groups is 1. The fourth-order valence-electron chi connectivity index (χ4n) is 2.37. The van der Waals surface area contributed by atoms with E-state index in [0.29, 0.717) is 6.04 Å². The molecule has 2 aliphatic carbocycles. The summed E-state index contributed by atoms with van der Waals surface area (Å²) in [6, 6.07) is 0.293. The number of rotatable bonds is 2. The van der Waals surface area contributed by atoms with E-state index in [9.17, 15) is 9.90 Å². The Morgan fingerprint density at radius 1 is 1.13 bits per heavy atom. The molecule has 0 aromatic carbocycles. The first-order valence-electron chi connectivity index (χ1n) is 5.89. The Morgan fingerprint density at radius 3 is 2.33 bits per heavy atom. The second-order valence-electron chi connectivity index (χ2n) is 4.65. The van der Waals surface area contributed by atoms with Gasteiger partial charge in [-0.1, -0.05) is 12.2 Å². The summed E-state index contributed by atoms with van der Waals surface area (Å²) in [6.07, 6.45) is 9.29. The van der Waals surface area contributed by atoms with E-state index >= 15 is 0 Å². The number of nitrogens with one attached hydrogen (secondary N) is 1. The zero-order chi connectivity index (χ0) is 10.7. The summed E-state index contributed by atoms with van der Waals surface area (Å²) in [6.45, 7) is 0. The van der Waals surface area contributed by atoms with Gasteiger partial charge in [-0.3, -0.25) is 4.79 Å². The second-order valence-corrected chi connectivity index (χ2v) is 4.65. The van der Waals surface area contributed by atoms with Gasteiger partial charge < -0.3 is 10.4 Å². The number of allylic oxidation sites excluding steroid dienone is 2. The minimum Gasteiger partial charge on any atom is -0.393 e. The Hall–Kier alpha value is -0.830. The van der Waals surface area contributed by atoms with Gasteiger partial charge in [0.25, 0.3) is 0 Å². The summed E-state index contributed by atoms with van der Waals surface area (Å²) < 4.78 is 0. The lowest BCUT2D eigenvalue weighted by Crippen LogP contribution is -2.41. The van der Waals surface area contributed by atoms with Gasteiger partial charge in [0.05, 0.1) is 6.10 Å². The number of aliphatic hydroxyl groups is 1. The molecule has 15 heavy (non-hydrogen) atoms. The molecule has 0 atom stereocenters. The molecule has 1 amide bonds. The molecule has 0 aromatic heterocycles. The van der Waals surface area contributed by atoms with Crippen molar-refractivity contribution in [3.63, 3.8) is 0 Å². The molecular weight excluding hydrogens is 190 g/mol. The Bertz CT molecular complexity index is 246. The van der Waals surface area contributed by atoms with Crippen LogP contribution in [0.2, 0.25) is 0 Å². The molecule has 0 radical (unpaired) electrons. The van der Waals surface area contributed by atoms with Crippen LogP contribution in [0.25, 0.3) is 0 Å². The molecule has 0 bridgehead atoms. The van der Waals surface area contributed by atoms with Gasteiger partial charge in [0.15, 0.2) is 0 Å². The zero-order valence-corrected chi connectivity index (χ0v) is 8.98. The highest BCUT2D eigenvalue weighted by atomic mass is 16.3. The van der Waals surface area contributed by atoms with Crippen LogP contribution in [0, 0.1) is 5.92 Å². The van der Waals surface area contributed by atoms with Crippen molar-refractivity contribution in [2.75, 3.05) is 0 Å². The van der Waals surface area contributed by atoms with Crippen LogP contribution in [0.5, 0.6) is 0 Å². The van der Waals surface area contributed by atoms with Crippen LogP contribution in [0.1, 0.15) is 38.5 Å². The summed E-state index contributed by atoms with van der Waals surface area (Å²) in [5, 5.41) is 12.4. The molecule has 2 aliphatic rings. The van der Waals surface area contributed by atoms with Crippen LogP contribution >= 0.6 is 0 Å². The van der Waals surface area contributed by atoms with Crippen molar-refractivity contribution in [2.45, 2.75) is 50.7 Å². The number of amides is 1. The normalized spacial score (nSPS) is 31.8. The third-order valence-corrected chi connectivity index (χ3v) is 3.42. The van der Waals surface area contributed by atoms with Gasteiger partial charge in [-0.25, -0.2) is 0 Å². The van der Waals surface area contributed by atoms with Gasteiger partial charge in [0.1, 0.15) is 0 Å².